The summed E-state index contributed by atoms with van der Waals surface area (Å²) in [6, 6.07) is 21.4. The Morgan fingerprint density at radius 2 is 1.48 bits per heavy atom. The minimum absolute atomic E-state index is 0.246. The number of H-pyrrole nitrogens is 1. The van der Waals surface area contributed by atoms with Crippen molar-refractivity contribution in [2.45, 2.75) is 9.79 Å². The van der Waals surface area contributed by atoms with Crippen LogP contribution in [0.2, 0.25) is 0 Å². The predicted octanol–water partition coefficient (Wildman–Crippen LogP) is 4.81. The number of nitrogens with one attached hydrogen (secondary N) is 1. The minimum Gasteiger partial charge on any atom is -0.355 e. The predicted molar refractivity (Wildman–Crippen MR) is 95.6 cm³/mol. The van der Waals surface area contributed by atoms with E-state index in [1.54, 1.807) is 60.7 Å². The zero-order valence-electron chi connectivity index (χ0n) is 13.1. The zero-order valence-corrected chi connectivity index (χ0v) is 13.9. The van der Waals surface area contributed by atoms with E-state index in [4.69, 9.17) is 0 Å². The van der Waals surface area contributed by atoms with Crippen LogP contribution in [0, 0.1) is 5.82 Å². The highest BCUT2D eigenvalue weighted by atomic mass is 32.2. The Balaban J connectivity index is 1.80. The van der Waals surface area contributed by atoms with Crippen LogP contribution in [0.4, 0.5) is 4.39 Å². The molecule has 3 aromatic carbocycles. The molecule has 0 aliphatic rings. The molecule has 124 valence electrons. The van der Waals surface area contributed by atoms with Crippen molar-refractivity contribution >= 4 is 20.7 Å². The van der Waals surface area contributed by atoms with E-state index in [2.05, 4.69) is 4.98 Å². The van der Waals surface area contributed by atoms with Crippen molar-refractivity contribution in [1.29, 1.82) is 0 Å². The van der Waals surface area contributed by atoms with Crippen molar-refractivity contribution in [1.82, 2.24) is 4.98 Å². The lowest BCUT2D eigenvalue weighted by Crippen LogP contribution is -2.01. The van der Waals surface area contributed by atoms with Gasteiger partial charge in [0.1, 0.15) is 5.82 Å². The van der Waals surface area contributed by atoms with Crippen molar-refractivity contribution in [3.05, 3.63) is 84.7 Å². The first-order valence-corrected chi connectivity index (χ1v) is 9.21. The number of hydrogen-bond donors (Lipinski definition) is 1. The number of hydrogen-bond acceptors (Lipinski definition) is 2. The Hall–Kier alpha value is -2.92. The van der Waals surface area contributed by atoms with Crippen molar-refractivity contribution in [2.75, 3.05) is 0 Å². The summed E-state index contributed by atoms with van der Waals surface area (Å²) in [5.41, 5.74) is 2.47. The van der Waals surface area contributed by atoms with Gasteiger partial charge in [-0.3, -0.25) is 0 Å². The molecule has 5 heteroatoms. The SMILES string of the molecule is O=S(=O)(c1ccccc1)c1ccc2[nH]c(-c3ccc(F)cc3)cc2c1. The fourth-order valence-electron chi connectivity index (χ4n) is 2.80. The first kappa shape index (κ1) is 15.6. The second-order valence-corrected chi connectivity index (χ2v) is 7.71. The van der Waals surface area contributed by atoms with Crippen LogP contribution in [-0.2, 0) is 9.84 Å². The number of aromatic amines is 1. The van der Waals surface area contributed by atoms with Crippen LogP contribution in [0.15, 0.2) is 88.7 Å². The maximum absolute atomic E-state index is 13.1. The standard InChI is InChI=1S/C20H14FNO2S/c21-16-8-6-14(7-9-16)20-13-15-12-18(10-11-19(15)22-20)25(23,24)17-4-2-1-3-5-17/h1-13,22H. The fraction of sp³-hybridized carbons (Fsp3) is 0. The van der Waals surface area contributed by atoms with Crippen molar-refractivity contribution in [3.8, 4) is 11.3 Å². The fourth-order valence-corrected chi connectivity index (χ4v) is 4.12. The molecule has 4 rings (SSSR count). The molecule has 0 unspecified atom stereocenters. The Labute approximate surface area is 144 Å². The van der Waals surface area contributed by atoms with Crippen LogP contribution in [0.3, 0.4) is 0 Å². The van der Waals surface area contributed by atoms with E-state index >= 15 is 0 Å². The molecule has 0 aliphatic heterocycles. The molecule has 0 bridgehead atoms. The van der Waals surface area contributed by atoms with E-state index in [0.29, 0.717) is 0 Å². The molecule has 0 amide bonds. The molecule has 0 spiro atoms. The van der Waals surface area contributed by atoms with Gasteiger partial charge in [0.15, 0.2) is 0 Å². The molecule has 25 heavy (non-hydrogen) atoms. The summed E-state index contributed by atoms with van der Waals surface area (Å²) in [5.74, 6) is -0.295. The summed E-state index contributed by atoms with van der Waals surface area (Å²) in [6.45, 7) is 0. The molecular weight excluding hydrogens is 337 g/mol. The van der Waals surface area contributed by atoms with Crippen LogP contribution in [0.25, 0.3) is 22.2 Å². The maximum atomic E-state index is 13.1. The summed E-state index contributed by atoms with van der Waals surface area (Å²) in [7, 11) is -3.55. The molecular formula is C20H14FNO2S. The van der Waals surface area contributed by atoms with Gasteiger partial charge >= 0.3 is 0 Å². The number of aromatic nitrogens is 1. The van der Waals surface area contributed by atoms with E-state index in [9.17, 15) is 12.8 Å². The Bertz CT molecular complexity index is 1150. The van der Waals surface area contributed by atoms with Crippen LogP contribution in [0.1, 0.15) is 0 Å². The molecule has 1 heterocycles. The third-order valence-corrected chi connectivity index (χ3v) is 5.88. The largest absolute Gasteiger partial charge is 0.355 e. The second-order valence-electron chi connectivity index (χ2n) is 5.76. The van der Waals surface area contributed by atoms with Gasteiger partial charge in [-0.05, 0) is 66.2 Å². The van der Waals surface area contributed by atoms with Gasteiger partial charge in [-0.1, -0.05) is 18.2 Å². The number of sulfone groups is 1. The molecule has 0 radical (unpaired) electrons. The lowest BCUT2D eigenvalue weighted by atomic mass is 10.1. The average Bonchev–Trinajstić information content (AvgIpc) is 3.06. The smallest absolute Gasteiger partial charge is 0.206 e. The monoisotopic (exact) mass is 351 g/mol. The first-order valence-electron chi connectivity index (χ1n) is 7.73. The van der Waals surface area contributed by atoms with Gasteiger partial charge in [-0.15, -0.1) is 0 Å². The summed E-state index contributed by atoms with van der Waals surface area (Å²) >= 11 is 0. The molecule has 0 fully saturated rings. The van der Waals surface area contributed by atoms with E-state index in [-0.39, 0.29) is 15.6 Å². The molecule has 0 saturated heterocycles. The van der Waals surface area contributed by atoms with Crippen LogP contribution < -0.4 is 0 Å². The van der Waals surface area contributed by atoms with Crippen LogP contribution in [-0.4, -0.2) is 13.4 Å². The van der Waals surface area contributed by atoms with Gasteiger partial charge in [-0.2, -0.15) is 0 Å². The highest BCUT2D eigenvalue weighted by molar-refractivity contribution is 7.91. The third kappa shape index (κ3) is 2.83. The first-order chi connectivity index (χ1) is 12.0. The van der Waals surface area contributed by atoms with Crippen LogP contribution in [0.5, 0.6) is 0 Å². The lowest BCUT2D eigenvalue weighted by Gasteiger charge is -2.04. The zero-order chi connectivity index (χ0) is 17.4. The highest BCUT2D eigenvalue weighted by Crippen LogP contribution is 2.28. The summed E-state index contributed by atoms with van der Waals surface area (Å²) in [6.07, 6.45) is 0. The molecule has 3 nitrogen and oxygen atoms in total. The quantitative estimate of drug-likeness (QED) is 0.576. The van der Waals surface area contributed by atoms with Gasteiger partial charge in [0.2, 0.25) is 9.84 Å². The average molecular weight is 351 g/mol. The van der Waals surface area contributed by atoms with Crippen molar-refractivity contribution in [3.63, 3.8) is 0 Å². The second kappa shape index (κ2) is 5.86. The number of rotatable bonds is 3. The third-order valence-electron chi connectivity index (χ3n) is 4.11. The van der Waals surface area contributed by atoms with Gasteiger partial charge in [0.05, 0.1) is 9.79 Å². The molecule has 4 aromatic rings. The van der Waals surface area contributed by atoms with Crippen molar-refractivity contribution in [2.24, 2.45) is 0 Å². The summed E-state index contributed by atoms with van der Waals surface area (Å²) < 4.78 is 38.6. The molecule has 1 N–H and O–H groups in total. The van der Waals surface area contributed by atoms with E-state index in [0.717, 1.165) is 22.2 Å². The Kier molecular flexibility index (Phi) is 3.66. The van der Waals surface area contributed by atoms with E-state index in [1.807, 2.05) is 6.07 Å². The Morgan fingerprint density at radius 1 is 0.760 bits per heavy atom. The molecule has 0 saturated carbocycles. The molecule has 0 atom stereocenters. The molecule has 1 aromatic heterocycles. The van der Waals surface area contributed by atoms with Crippen LogP contribution >= 0.6 is 0 Å². The molecule has 0 aliphatic carbocycles. The van der Waals surface area contributed by atoms with Gasteiger partial charge in [0, 0.05) is 16.6 Å². The normalized spacial score (nSPS) is 11.7. The van der Waals surface area contributed by atoms with E-state index < -0.39 is 9.84 Å². The maximum Gasteiger partial charge on any atom is 0.206 e. The minimum atomic E-state index is -3.55. The van der Waals surface area contributed by atoms with Gasteiger partial charge in [0.25, 0.3) is 0 Å². The summed E-state index contributed by atoms with van der Waals surface area (Å²) in [5, 5.41) is 0.788. The Morgan fingerprint density at radius 3 is 2.20 bits per heavy atom. The number of fused-ring (bicyclic) bond motifs is 1. The van der Waals surface area contributed by atoms with Gasteiger partial charge < -0.3 is 4.98 Å². The van der Waals surface area contributed by atoms with Gasteiger partial charge in [-0.25, -0.2) is 12.8 Å². The summed E-state index contributed by atoms with van der Waals surface area (Å²) in [4.78, 5) is 3.75. The lowest BCUT2D eigenvalue weighted by molar-refractivity contribution is 0.596. The number of halogens is 1. The highest BCUT2D eigenvalue weighted by Gasteiger charge is 2.18. The van der Waals surface area contributed by atoms with Crippen molar-refractivity contribution < 1.29 is 12.8 Å². The van der Waals surface area contributed by atoms with E-state index in [1.165, 1.54) is 12.1 Å². The topological polar surface area (TPSA) is 49.9 Å². The number of benzene rings is 3.